The zero-order chi connectivity index (χ0) is 15.6. The summed E-state index contributed by atoms with van der Waals surface area (Å²) in [6, 6.07) is 8.35. The monoisotopic (exact) mass is 288 g/mol. The van der Waals surface area contributed by atoms with Crippen LogP contribution >= 0.6 is 0 Å². The van der Waals surface area contributed by atoms with Gasteiger partial charge in [-0.25, -0.2) is 0 Å². The number of anilines is 1. The molecular formula is C18H28N2O. The van der Waals surface area contributed by atoms with Gasteiger partial charge in [0.15, 0.2) is 0 Å². The number of amides is 1. The molecule has 1 N–H and O–H groups in total. The maximum atomic E-state index is 12.0. The highest BCUT2D eigenvalue weighted by atomic mass is 16.2. The molecule has 1 amide bonds. The standard InChI is InChI=1S/C18H28N2O/c1-13-12-18(2,3)10-9-16(13)19-15-8-6-7-14(11-15)17(21)20(4)5/h6-8,11,13,16,19H,9-10,12H2,1-5H3. The molecule has 0 bridgehead atoms. The normalized spacial score (nSPS) is 24.4. The highest BCUT2D eigenvalue weighted by molar-refractivity contribution is 5.94. The first-order chi connectivity index (χ1) is 9.78. The van der Waals surface area contributed by atoms with Gasteiger partial charge in [0.05, 0.1) is 0 Å². The summed E-state index contributed by atoms with van der Waals surface area (Å²) in [6.45, 7) is 7.04. The highest BCUT2D eigenvalue weighted by Gasteiger charge is 2.32. The van der Waals surface area contributed by atoms with Gasteiger partial charge in [-0.05, 0) is 48.8 Å². The van der Waals surface area contributed by atoms with Crippen LogP contribution in [0.2, 0.25) is 0 Å². The Hall–Kier alpha value is -1.51. The number of nitrogens with one attached hydrogen (secondary N) is 1. The van der Waals surface area contributed by atoms with Crippen molar-refractivity contribution in [1.82, 2.24) is 4.90 Å². The summed E-state index contributed by atoms with van der Waals surface area (Å²) >= 11 is 0. The number of carbonyl (C=O) groups is 1. The van der Waals surface area contributed by atoms with E-state index in [1.165, 1.54) is 19.3 Å². The average molecular weight is 288 g/mol. The van der Waals surface area contributed by atoms with E-state index in [-0.39, 0.29) is 5.91 Å². The van der Waals surface area contributed by atoms with Crippen LogP contribution in [0.3, 0.4) is 0 Å². The number of nitrogens with zero attached hydrogens (tertiary/aromatic N) is 1. The first-order valence-electron chi connectivity index (χ1n) is 7.87. The summed E-state index contributed by atoms with van der Waals surface area (Å²) in [4.78, 5) is 13.7. The molecule has 3 nitrogen and oxygen atoms in total. The smallest absolute Gasteiger partial charge is 0.253 e. The van der Waals surface area contributed by atoms with Crippen LogP contribution in [0.1, 0.15) is 50.4 Å². The molecule has 2 rings (SSSR count). The van der Waals surface area contributed by atoms with Crippen LogP contribution in [0.25, 0.3) is 0 Å². The molecule has 1 aliphatic rings. The van der Waals surface area contributed by atoms with Crippen LogP contribution < -0.4 is 5.32 Å². The van der Waals surface area contributed by atoms with Crippen LogP contribution in [0.4, 0.5) is 5.69 Å². The molecule has 0 radical (unpaired) electrons. The summed E-state index contributed by atoms with van der Waals surface area (Å²) in [7, 11) is 3.57. The molecule has 0 aromatic heterocycles. The number of carbonyl (C=O) groups excluding carboxylic acids is 1. The zero-order valence-corrected chi connectivity index (χ0v) is 13.9. The Bertz CT molecular complexity index is 508. The summed E-state index contributed by atoms with van der Waals surface area (Å²) in [5.41, 5.74) is 2.26. The van der Waals surface area contributed by atoms with E-state index in [4.69, 9.17) is 0 Å². The van der Waals surface area contributed by atoms with Crippen LogP contribution in [0.5, 0.6) is 0 Å². The molecule has 1 fully saturated rings. The van der Waals surface area contributed by atoms with Crippen molar-refractivity contribution in [1.29, 1.82) is 0 Å². The molecule has 0 spiro atoms. The van der Waals surface area contributed by atoms with Crippen LogP contribution in [0.15, 0.2) is 24.3 Å². The van der Waals surface area contributed by atoms with Crippen molar-refractivity contribution in [3.05, 3.63) is 29.8 Å². The SMILES string of the molecule is CC1CC(C)(C)CCC1Nc1cccc(C(=O)N(C)C)c1. The van der Waals surface area contributed by atoms with E-state index >= 15 is 0 Å². The molecule has 1 aromatic rings. The molecule has 0 aliphatic heterocycles. The molecule has 0 heterocycles. The fourth-order valence-electron chi connectivity index (χ4n) is 3.38. The fraction of sp³-hybridized carbons (Fsp3) is 0.611. The summed E-state index contributed by atoms with van der Waals surface area (Å²) in [6.07, 6.45) is 3.70. The first-order valence-corrected chi connectivity index (χ1v) is 7.87. The Balaban J connectivity index is 2.07. The molecule has 1 saturated carbocycles. The second-order valence-electron chi connectivity index (χ2n) is 7.42. The van der Waals surface area contributed by atoms with Gasteiger partial charge in [0.25, 0.3) is 5.91 Å². The second kappa shape index (κ2) is 6.08. The average Bonchev–Trinajstić information content (AvgIpc) is 2.41. The second-order valence-corrected chi connectivity index (χ2v) is 7.42. The predicted molar refractivity (Wildman–Crippen MR) is 88.7 cm³/mol. The van der Waals surface area contributed by atoms with E-state index in [0.29, 0.717) is 17.4 Å². The highest BCUT2D eigenvalue weighted by Crippen LogP contribution is 2.39. The van der Waals surface area contributed by atoms with Gasteiger partial charge >= 0.3 is 0 Å². The van der Waals surface area contributed by atoms with Gasteiger partial charge in [0, 0.05) is 31.4 Å². The van der Waals surface area contributed by atoms with E-state index in [1.54, 1.807) is 19.0 Å². The lowest BCUT2D eigenvalue weighted by Gasteiger charge is -2.40. The molecule has 21 heavy (non-hydrogen) atoms. The maximum absolute atomic E-state index is 12.0. The largest absolute Gasteiger partial charge is 0.382 e. The lowest BCUT2D eigenvalue weighted by molar-refractivity contribution is 0.0827. The third kappa shape index (κ3) is 3.99. The van der Waals surface area contributed by atoms with Gasteiger partial charge in [0.2, 0.25) is 0 Å². The van der Waals surface area contributed by atoms with Gasteiger partial charge in [-0.3, -0.25) is 4.79 Å². The van der Waals surface area contributed by atoms with Gasteiger partial charge < -0.3 is 10.2 Å². The Morgan fingerprint density at radius 2 is 2.05 bits per heavy atom. The lowest BCUT2D eigenvalue weighted by atomic mass is 9.70. The van der Waals surface area contributed by atoms with E-state index in [9.17, 15) is 4.79 Å². The van der Waals surface area contributed by atoms with Crippen LogP contribution in [-0.2, 0) is 0 Å². The van der Waals surface area contributed by atoms with Crippen molar-refractivity contribution < 1.29 is 4.79 Å². The Morgan fingerprint density at radius 1 is 1.33 bits per heavy atom. The molecule has 3 heteroatoms. The van der Waals surface area contributed by atoms with Crippen molar-refractivity contribution in [2.45, 2.75) is 46.1 Å². The summed E-state index contributed by atoms with van der Waals surface area (Å²) in [5, 5.41) is 3.63. The first kappa shape index (κ1) is 15.9. The number of hydrogen-bond donors (Lipinski definition) is 1. The molecule has 0 saturated heterocycles. The molecular weight excluding hydrogens is 260 g/mol. The minimum atomic E-state index is 0.0523. The van der Waals surface area contributed by atoms with Gasteiger partial charge in [-0.1, -0.05) is 26.8 Å². The van der Waals surface area contributed by atoms with E-state index in [2.05, 4.69) is 32.2 Å². The number of hydrogen-bond acceptors (Lipinski definition) is 2. The van der Waals surface area contributed by atoms with Crippen molar-refractivity contribution in [3.8, 4) is 0 Å². The summed E-state index contributed by atoms with van der Waals surface area (Å²) in [5.74, 6) is 0.707. The van der Waals surface area contributed by atoms with Crippen molar-refractivity contribution in [2.75, 3.05) is 19.4 Å². The maximum Gasteiger partial charge on any atom is 0.253 e. The third-order valence-corrected chi connectivity index (χ3v) is 4.56. The van der Waals surface area contributed by atoms with Crippen LogP contribution in [0, 0.1) is 11.3 Å². The lowest BCUT2D eigenvalue weighted by Crippen LogP contribution is -2.36. The van der Waals surface area contributed by atoms with Crippen molar-refractivity contribution in [3.63, 3.8) is 0 Å². The van der Waals surface area contributed by atoms with Gasteiger partial charge in [0.1, 0.15) is 0 Å². The minimum Gasteiger partial charge on any atom is -0.382 e. The Morgan fingerprint density at radius 3 is 2.67 bits per heavy atom. The molecule has 116 valence electrons. The van der Waals surface area contributed by atoms with Crippen molar-refractivity contribution >= 4 is 11.6 Å². The molecule has 1 aromatic carbocycles. The van der Waals surface area contributed by atoms with Crippen molar-refractivity contribution in [2.24, 2.45) is 11.3 Å². The molecule has 2 atom stereocenters. The van der Waals surface area contributed by atoms with E-state index < -0.39 is 0 Å². The van der Waals surface area contributed by atoms with E-state index in [0.717, 1.165) is 11.3 Å². The Labute approximate surface area is 128 Å². The Kier molecular flexibility index (Phi) is 4.60. The van der Waals surface area contributed by atoms with Crippen LogP contribution in [-0.4, -0.2) is 30.9 Å². The van der Waals surface area contributed by atoms with Gasteiger partial charge in [-0.15, -0.1) is 0 Å². The zero-order valence-electron chi connectivity index (χ0n) is 13.9. The third-order valence-electron chi connectivity index (χ3n) is 4.56. The summed E-state index contributed by atoms with van der Waals surface area (Å²) < 4.78 is 0. The molecule has 2 unspecified atom stereocenters. The number of benzene rings is 1. The number of rotatable bonds is 3. The topological polar surface area (TPSA) is 32.3 Å². The van der Waals surface area contributed by atoms with Gasteiger partial charge in [-0.2, -0.15) is 0 Å². The quantitative estimate of drug-likeness (QED) is 0.911. The minimum absolute atomic E-state index is 0.0523. The molecule has 1 aliphatic carbocycles. The fourth-order valence-corrected chi connectivity index (χ4v) is 3.38. The predicted octanol–water partition coefficient (Wildman–Crippen LogP) is 4.02. The van der Waals surface area contributed by atoms with E-state index in [1.807, 2.05) is 18.2 Å².